The number of carbonyl (C=O) groups is 3. The van der Waals surface area contributed by atoms with Crippen LogP contribution < -0.4 is 24.8 Å². The third-order valence-corrected chi connectivity index (χ3v) is 8.88. The Morgan fingerprint density at radius 3 is 2.66 bits per heavy atom. The molecule has 3 heterocycles. The number of methoxy groups -OCH3 is 1. The Hall–Kier alpha value is -4.53. The predicted molar refractivity (Wildman–Crippen MR) is 166 cm³/mol. The molecular weight excluding hydrogens is 558 g/mol. The molecule has 0 unspecified atom stereocenters. The zero-order valence-electron chi connectivity index (χ0n) is 25.3. The van der Waals surface area contributed by atoms with Crippen molar-refractivity contribution in [3.63, 3.8) is 0 Å². The van der Waals surface area contributed by atoms with E-state index >= 15 is 0 Å². The van der Waals surface area contributed by atoms with Gasteiger partial charge < -0.3 is 29.7 Å². The molecule has 230 valence electrons. The Labute approximate surface area is 257 Å². The highest BCUT2D eigenvalue weighted by molar-refractivity contribution is 5.96. The number of fused-ring (bicyclic) bond motifs is 7. The van der Waals surface area contributed by atoms with Gasteiger partial charge in [0.1, 0.15) is 11.9 Å². The lowest BCUT2D eigenvalue weighted by atomic mass is 9.97. The molecule has 44 heavy (non-hydrogen) atoms. The first kappa shape index (κ1) is 29.5. The molecule has 3 amide bonds. The minimum atomic E-state index is -0.477. The van der Waals surface area contributed by atoms with Gasteiger partial charge in [0, 0.05) is 25.1 Å². The van der Waals surface area contributed by atoms with Gasteiger partial charge in [0.15, 0.2) is 18.1 Å². The molecule has 1 aliphatic carbocycles. The summed E-state index contributed by atoms with van der Waals surface area (Å²) in [6.45, 7) is 2.87. The quantitative estimate of drug-likeness (QED) is 0.456. The third-order valence-electron chi connectivity index (χ3n) is 8.88. The summed E-state index contributed by atoms with van der Waals surface area (Å²) in [6.07, 6.45) is 4.59. The van der Waals surface area contributed by atoms with E-state index in [0.29, 0.717) is 48.2 Å². The first-order valence-corrected chi connectivity index (χ1v) is 15.4. The third kappa shape index (κ3) is 6.67. The van der Waals surface area contributed by atoms with Crippen LogP contribution in [0.25, 0.3) is 11.1 Å². The van der Waals surface area contributed by atoms with E-state index in [1.54, 1.807) is 25.3 Å². The number of nitrogens with one attached hydrogen (secondary N) is 2. The van der Waals surface area contributed by atoms with E-state index in [4.69, 9.17) is 14.2 Å². The summed E-state index contributed by atoms with van der Waals surface area (Å²) in [5.74, 6) is 1.60. The number of nitrogens with zero attached hydrogens (tertiary/aromatic N) is 1. The maximum absolute atomic E-state index is 13.7. The number of likely N-dealkylation sites (tertiary alicyclic amines) is 1. The van der Waals surface area contributed by atoms with Crippen LogP contribution in [0.3, 0.4) is 0 Å². The molecule has 3 aliphatic heterocycles. The standard InChI is InChI=1S/C35H39N3O6/c1-22-10-12-26-17-28(22)25-8-5-9-27(16-25)43-21-33(39)36-18-24-11-13-30(31(14-24)42-2)44-32-20-38(19-29(32)37-35(26)41)34(40)15-23-6-3-4-7-23/h5,8-14,16-17,23,29,32H,3-4,6-7,15,18-21H2,1-2H3,(H,36,39)(H,37,41)/t29-,32-/m0/s1. The van der Waals surface area contributed by atoms with Crippen molar-refractivity contribution in [2.45, 2.75) is 57.7 Å². The van der Waals surface area contributed by atoms with Crippen LogP contribution in [0.2, 0.25) is 0 Å². The molecule has 3 aromatic carbocycles. The van der Waals surface area contributed by atoms with Crippen molar-refractivity contribution in [3.05, 3.63) is 77.4 Å². The molecule has 9 heteroatoms. The van der Waals surface area contributed by atoms with Crippen LogP contribution in [0.15, 0.2) is 60.7 Å². The molecule has 9 nitrogen and oxygen atoms in total. The highest BCUT2D eigenvalue weighted by atomic mass is 16.5. The van der Waals surface area contributed by atoms with Crippen LogP contribution in [0.4, 0.5) is 0 Å². The number of amides is 3. The lowest BCUT2D eigenvalue weighted by Gasteiger charge is -2.23. The van der Waals surface area contributed by atoms with Crippen LogP contribution in [-0.4, -0.2) is 61.6 Å². The maximum Gasteiger partial charge on any atom is 0.258 e. The number of benzene rings is 3. The molecule has 2 fully saturated rings. The summed E-state index contributed by atoms with van der Waals surface area (Å²) in [5.41, 5.74) is 4.10. The van der Waals surface area contributed by atoms with Crippen LogP contribution in [0, 0.1) is 12.8 Å². The predicted octanol–water partition coefficient (Wildman–Crippen LogP) is 4.65. The Morgan fingerprint density at radius 1 is 1.00 bits per heavy atom. The van der Waals surface area contributed by atoms with Gasteiger partial charge >= 0.3 is 0 Å². The second-order valence-corrected chi connectivity index (χ2v) is 12.0. The van der Waals surface area contributed by atoms with Gasteiger partial charge in [0.2, 0.25) is 5.91 Å². The molecule has 4 aliphatic rings. The van der Waals surface area contributed by atoms with Gasteiger partial charge in [-0.25, -0.2) is 0 Å². The van der Waals surface area contributed by atoms with Crippen molar-refractivity contribution in [1.29, 1.82) is 0 Å². The summed E-state index contributed by atoms with van der Waals surface area (Å²) < 4.78 is 17.9. The molecule has 2 atom stereocenters. The van der Waals surface area contributed by atoms with Gasteiger partial charge in [-0.2, -0.15) is 0 Å². The van der Waals surface area contributed by atoms with Gasteiger partial charge in [-0.15, -0.1) is 0 Å². The van der Waals surface area contributed by atoms with E-state index in [0.717, 1.165) is 35.1 Å². The average molecular weight is 598 g/mol. The molecule has 7 rings (SSSR count). The Kier molecular flexibility index (Phi) is 8.72. The minimum absolute atomic E-state index is 0.102. The van der Waals surface area contributed by atoms with Gasteiger partial charge in [-0.3, -0.25) is 14.4 Å². The molecule has 3 aromatic rings. The molecule has 2 N–H and O–H groups in total. The largest absolute Gasteiger partial charge is 0.493 e. The van der Waals surface area contributed by atoms with E-state index in [1.165, 1.54) is 12.8 Å². The molecule has 1 saturated heterocycles. The van der Waals surface area contributed by atoms with Gasteiger partial charge in [0.25, 0.3) is 11.8 Å². The summed E-state index contributed by atoms with van der Waals surface area (Å²) in [6, 6.07) is 18.1. The highest BCUT2D eigenvalue weighted by Gasteiger charge is 2.39. The van der Waals surface area contributed by atoms with Gasteiger partial charge in [-0.1, -0.05) is 37.1 Å². The number of hydrogen-bond donors (Lipinski definition) is 2. The molecule has 0 radical (unpaired) electrons. The summed E-state index contributed by atoms with van der Waals surface area (Å²) in [7, 11) is 1.56. The van der Waals surface area contributed by atoms with Crippen molar-refractivity contribution < 1.29 is 28.6 Å². The topological polar surface area (TPSA) is 106 Å². The Bertz CT molecular complexity index is 1550. The first-order valence-electron chi connectivity index (χ1n) is 15.4. The second kappa shape index (κ2) is 13.0. The van der Waals surface area contributed by atoms with E-state index in [-0.39, 0.29) is 30.9 Å². The lowest BCUT2D eigenvalue weighted by Crippen LogP contribution is -2.45. The molecule has 6 bridgehead atoms. The van der Waals surface area contributed by atoms with Crippen molar-refractivity contribution in [3.8, 4) is 28.4 Å². The number of rotatable bonds is 3. The maximum atomic E-state index is 13.7. The summed E-state index contributed by atoms with van der Waals surface area (Å²) in [4.78, 5) is 41.5. The zero-order valence-corrected chi connectivity index (χ0v) is 25.3. The van der Waals surface area contributed by atoms with E-state index in [2.05, 4.69) is 10.6 Å². The highest BCUT2D eigenvalue weighted by Crippen LogP contribution is 2.33. The molecular formula is C35H39N3O6. The molecule has 1 saturated carbocycles. The Morgan fingerprint density at radius 2 is 1.84 bits per heavy atom. The van der Waals surface area contributed by atoms with Crippen molar-refractivity contribution in [2.75, 3.05) is 26.8 Å². The lowest BCUT2D eigenvalue weighted by molar-refractivity contribution is -0.131. The Balaban J connectivity index is 1.33. The van der Waals surface area contributed by atoms with E-state index < -0.39 is 12.1 Å². The van der Waals surface area contributed by atoms with Crippen LogP contribution in [0.5, 0.6) is 17.2 Å². The first-order chi connectivity index (χ1) is 21.4. The summed E-state index contributed by atoms with van der Waals surface area (Å²) >= 11 is 0. The molecule has 0 aromatic heterocycles. The van der Waals surface area contributed by atoms with Crippen LogP contribution >= 0.6 is 0 Å². The number of aryl methyl sites for hydroxylation is 1. The van der Waals surface area contributed by atoms with Gasteiger partial charge in [-0.05, 0) is 84.3 Å². The van der Waals surface area contributed by atoms with Crippen LogP contribution in [0.1, 0.15) is 53.6 Å². The number of carbonyl (C=O) groups excluding carboxylic acids is 3. The fourth-order valence-electron chi connectivity index (χ4n) is 6.39. The van der Waals surface area contributed by atoms with Crippen molar-refractivity contribution in [1.82, 2.24) is 15.5 Å². The smallest absolute Gasteiger partial charge is 0.258 e. The minimum Gasteiger partial charge on any atom is -0.493 e. The van der Waals surface area contributed by atoms with E-state index in [1.807, 2.05) is 54.3 Å². The SMILES string of the molecule is COc1cc2ccc1O[C@H]1CN(C(=O)CC3CCCC3)C[C@@H]1NC(=O)c1ccc(C)c(c1)-c1cccc(c1)OCC(=O)NC2. The molecule has 0 spiro atoms. The number of ether oxygens (including phenoxy) is 3. The fraction of sp³-hybridized carbons (Fsp3) is 0.400. The average Bonchev–Trinajstić information content (AvgIpc) is 3.69. The van der Waals surface area contributed by atoms with E-state index in [9.17, 15) is 14.4 Å². The van der Waals surface area contributed by atoms with Crippen molar-refractivity contribution >= 4 is 17.7 Å². The fourth-order valence-corrected chi connectivity index (χ4v) is 6.39. The monoisotopic (exact) mass is 597 g/mol. The normalized spacial score (nSPS) is 20.6. The second-order valence-electron chi connectivity index (χ2n) is 12.0. The summed E-state index contributed by atoms with van der Waals surface area (Å²) in [5, 5.41) is 6.07. The van der Waals surface area contributed by atoms with Crippen LogP contribution in [-0.2, 0) is 16.1 Å². The van der Waals surface area contributed by atoms with Crippen molar-refractivity contribution in [2.24, 2.45) is 5.92 Å². The number of hydrogen-bond acceptors (Lipinski definition) is 6. The van der Waals surface area contributed by atoms with Gasteiger partial charge in [0.05, 0.1) is 19.7 Å². The zero-order chi connectivity index (χ0) is 30.6.